The van der Waals surface area contributed by atoms with Gasteiger partial charge in [-0.1, -0.05) is 104 Å². The molecule has 0 radical (unpaired) electrons. The number of benzene rings is 1. The van der Waals surface area contributed by atoms with Crippen molar-refractivity contribution in [1.29, 1.82) is 0 Å². The lowest BCUT2D eigenvalue weighted by molar-refractivity contribution is 0.466. The molecule has 0 heterocycles. The minimum absolute atomic E-state index is 0.206. The lowest BCUT2D eigenvalue weighted by Gasteiger charge is -2.45. The van der Waals surface area contributed by atoms with Crippen molar-refractivity contribution in [2.75, 3.05) is 13.3 Å². The fourth-order valence-electron chi connectivity index (χ4n) is 8.16. The van der Waals surface area contributed by atoms with Crippen molar-refractivity contribution in [3.63, 3.8) is 0 Å². The largest absolute Gasteiger partial charge is 0.0970 e. The van der Waals surface area contributed by atoms with Crippen molar-refractivity contribution in [3.05, 3.63) is 30.3 Å². The Morgan fingerprint density at radius 1 is 0.618 bits per heavy atom. The van der Waals surface area contributed by atoms with Gasteiger partial charge in [-0.25, -0.2) is 0 Å². The second-order valence-corrected chi connectivity index (χ2v) is 20.0. The van der Waals surface area contributed by atoms with Crippen LogP contribution in [0.2, 0.25) is 0 Å². The third-order valence-electron chi connectivity index (χ3n) is 10.1. The molecule has 34 heavy (non-hydrogen) atoms. The van der Waals surface area contributed by atoms with Gasteiger partial charge in [0.2, 0.25) is 0 Å². The summed E-state index contributed by atoms with van der Waals surface area (Å²) < 4.78 is 0. The minimum Gasteiger partial charge on any atom is -0.0970 e. The third-order valence-corrected chi connectivity index (χ3v) is 18.1. The molecular weight excluding hydrogens is 446 g/mol. The zero-order valence-electron chi connectivity index (χ0n) is 22.9. The molecule has 4 aliphatic rings. The zero-order chi connectivity index (χ0) is 23.8. The van der Waals surface area contributed by atoms with Gasteiger partial charge < -0.3 is 0 Å². The van der Waals surface area contributed by atoms with Gasteiger partial charge in [0.25, 0.3) is 0 Å². The van der Waals surface area contributed by atoms with Gasteiger partial charge in [-0.2, -0.15) is 0 Å². The van der Waals surface area contributed by atoms with E-state index in [-0.39, 0.29) is 7.92 Å². The molecule has 0 nitrogen and oxygen atoms in total. The van der Waals surface area contributed by atoms with E-state index in [4.69, 9.17) is 0 Å². The van der Waals surface area contributed by atoms with Gasteiger partial charge in [-0.05, 0) is 74.1 Å². The van der Waals surface area contributed by atoms with Crippen LogP contribution in [0.5, 0.6) is 0 Å². The molecule has 2 unspecified atom stereocenters. The SMILES string of the molecule is C1CCCC1.C[C@H](C1CCCC1[P+](C)(C)c1ccccc1)P(C1CCCCC1)C1CCCCC1. The van der Waals surface area contributed by atoms with Crippen LogP contribution in [0.3, 0.4) is 0 Å². The molecule has 192 valence electrons. The molecule has 1 aromatic rings. The first-order valence-electron chi connectivity index (χ1n) is 15.3. The molecule has 4 aliphatic carbocycles. The van der Waals surface area contributed by atoms with E-state index in [1.807, 2.05) is 0 Å². The van der Waals surface area contributed by atoms with E-state index >= 15 is 0 Å². The maximum Gasteiger partial charge on any atom is 0.0936 e. The molecule has 1 aromatic carbocycles. The summed E-state index contributed by atoms with van der Waals surface area (Å²) in [5, 5.41) is 1.68. The molecule has 4 saturated carbocycles. The zero-order valence-corrected chi connectivity index (χ0v) is 24.7. The topological polar surface area (TPSA) is 0 Å². The Balaban J connectivity index is 0.000000486. The average molecular weight is 502 g/mol. The van der Waals surface area contributed by atoms with Crippen LogP contribution in [0.25, 0.3) is 0 Å². The summed E-state index contributed by atoms with van der Waals surface area (Å²) in [5.74, 6) is 1.01. The second kappa shape index (κ2) is 13.6. The maximum atomic E-state index is 2.75. The quantitative estimate of drug-likeness (QED) is 0.340. The van der Waals surface area contributed by atoms with Crippen LogP contribution in [0.1, 0.15) is 122 Å². The molecule has 0 spiro atoms. The fourth-order valence-corrected chi connectivity index (χ4v) is 16.5. The van der Waals surface area contributed by atoms with Crippen molar-refractivity contribution in [2.45, 2.75) is 145 Å². The number of hydrogen-bond acceptors (Lipinski definition) is 0. The predicted molar refractivity (Wildman–Crippen MR) is 159 cm³/mol. The third kappa shape index (κ3) is 6.89. The Bertz CT molecular complexity index is 657. The van der Waals surface area contributed by atoms with Crippen molar-refractivity contribution >= 4 is 20.5 Å². The van der Waals surface area contributed by atoms with Crippen molar-refractivity contribution < 1.29 is 0 Å². The minimum atomic E-state index is -1.06. The van der Waals surface area contributed by atoms with Crippen LogP contribution in [-0.2, 0) is 0 Å². The van der Waals surface area contributed by atoms with E-state index < -0.39 is 7.26 Å². The predicted octanol–water partition coefficient (Wildman–Crippen LogP) is 10.2. The lowest BCUT2D eigenvalue weighted by Crippen LogP contribution is -2.35. The molecule has 4 fully saturated rings. The van der Waals surface area contributed by atoms with Crippen LogP contribution in [-0.4, -0.2) is 36.0 Å². The molecule has 0 N–H and O–H groups in total. The average Bonchev–Trinajstić information content (AvgIpc) is 3.62. The van der Waals surface area contributed by atoms with E-state index in [0.29, 0.717) is 0 Å². The normalized spacial score (nSPS) is 28.0. The molecule has 2 heteroatoms. The maximum absolute atomic E-state index is 2.75. The second-order valence-electron chi connectivity index (χ2n) is 12.6. The monoisotopic (exact) mass is 501 g/mol. The number of hydrogen-bond donors (Lipinski definition) is 0. The van der Waals surface area contributed by atoms with E-state index in [9.17, 15) is 0 Å². The number of rotatable bonds is 6. The van der Waals surface area contributed by atoms with Gasteiger partial charge in [0, 0.05) is 13.2 Å². The van der Waals surface area contributed by atoms with Gasteiger partial charge in [-0.15, -0.1) is 0 Å². The highest BCUT2D eigenvalue weighted by Crippen LogP contribution is 2.68. The molecule has 5 rings (SSSR count). The van der Waals surface area contributed by atoms with Gasteiger partial charge in [-0.3, -0.25) is 0 Å². The Kier molecular flexibility index (Phi) is 10.8. The van der Waals surface area contributed by atoms with Gasteiger partial charge in [0.15, 0.2) is 0 Å². The van der Waals surface area contributed by atoms with Gasteiger partial charge in [0.1, 0.15) is 0 Å². The van der Waals surface area contributed by atoms with E-state index in [0.717, 1.165) is 28.6 Å². The van der Waals surface area contributed by atoms with Crippen LogP contribution in [0.15, 0.2) is 30.3 Å². The highest BCUT2D eigenvalue weighted by molar-refractivity contribution is 7.82. The Labute approximate surface area is 214 Å². The van der Waals surface area contributed by atoms with Crippen LogP contribution in [0.4, 0.5) is 0 Å². The van der Waals surface area contributed by atoms with Gasteiger partial charge >= 0.3 is 0 Å². The molecular formula is C32H55P2+. The van der Waals surface area contributed by atoms with E-state index in [1.165, 1.54) is 89.9 Å². The first-order valence-corrected chi connectivity index (χ1v) is 19.6. The molecule has 3 atom stereocenters. The van der Waals surface area contributed by atoms with Crippen molar-refractivity contribution in [2.24, 2.45) is 5.92 Å². The Morgan fingerprint density at radius 2 is 1.09 bits per heavy atom. The Hall–Kier alpha value is 0.0800. The van der Waals surface area contributed by atoms with Crippen LogP contribution in [0, 0.1) is 5.92 Å². The molecule has 0 aliphatic heterocycles. The Morgan fingerprint density at radius 3 is 1.59 bits per heavy atom. The fraction of sp³-hybridized carbons (Fsp3) is 0.812. The summed E-state index contributed by atoms with van der Waals surface area (Å²) in [6.07, 6.45) is 27.4. The molecule has 0 amide bonds. The highest BCUT2D eigenvalue weighted by atomic mass is 31.2. The van der Waals surface area contributed by atoms with Gasteiger partial charge in [0.05, 0.1) is 24.3 Å². The van der Waals surface area contributed by atoms with Crippen molar-refractivity contribution in [1.82, 2.24) is 0 Å². The summed E-state index contributed by atoms with van der Waals surface area (Å²) in [7, 11) is -0.856. The summed E-state index contributed by atoms with van der Waals surface area (Å²) in [5.41, 5.74) is 4.20. The lowest BCUT2D eigenvalue weighted by atomic mass is 9.99. The first-order chi connectivity index (χ1) is 16.6. The summed E-state index contributed by atoms with van der Waals surface area (Å²) >= 11 is 0. The smallest absolute Gasteiger partial charge is 0.0936 e. The molecule has 0 aromatic heterocycles. The molecule has 0 saturated heterocycles. The van der Waals surface area contributed by atoms with E-state index in [2.05, 4.69) is 50.6 Å². The van der Waals surface area contributed by atoms with Crippen molar-refractivity contribution in [3.8, 4) is 0 Å². The summed E-state index contributed by atoms with van der Waals surface area (Å²) in [6, 6.07) is 11.6. The summed E-state index contributed by atoms with van der Waals surface area (Å²) in [4.78, 5) is 0. The van der Waals surface area contributed by atoms with Crippen LogP contribution < -0.4 is 5.30 Å². The standard InChI is InChI=1S/C27H45P2.C5H10/c1-22(28(23-14-7-4-8-15-23)24-16-9-5-10-17-24)26-20-13-21-27(26)29(2,3)25-18-11-6-12-19-25;1-2-4-5-3-1/h6,11-12,18-19,22-24,26-27H,4-5,7-10,13-17,20-21H2,1-3H3;1-5H2/q+1;/t22-,26?,27?;/m1./s1. The van der Waals surface area contributed by atoms with Crippen LogP contribution >= 0.6 is 15.2 Å². The highest BCUT2D eigenvalue weighted by Gasteiger charge is 2.50. The van der Waals surface area contributed by atoms with E-state index in [1.54, 1.807) is 31.0 Å². The first kappa shape index (κ1) is 27.1. The molecule has 0 bridgehead atoms. The summed E-state index contributed by atoms with van der Waals surface area (Å²) in [6.45, 7) is 8.09.